The lowest BCUT2D eigenvalue weighted by molar-refractivity contribution is -0.154. The third-order valence-electron chi connectivity index (χ3n) is 3.36. The number of ether oxygens (including phenoxy) is 1. The molecule has 0 aromatic heterocycles. The van der Waals surface area contributed by atoms with Gasteiger partial charge < -0.3 is 9.84 Å². The fraction of sp³-hybridized carbons (Fsp3) is 0.333. The number of carboxylic acid groups (broad SMARTS) is 1. The van der Waals surface area contributed by atoms with Crippen molar-refractivity contribution in [3.63, 3.8) is 0 Å². The number of carbonyl (C=O) groups is 4. The van der Waals surface area contributed by atoms with Gasteiger partial charge in [0, 0.05) is 24.8 Å². The Balaban J connectivity index is 1.94. The molecule has 0 saturated carbocycles. The molecule has 1 saturated heterocycles. The number of carbonyl (C=O) groups excluding carboxylic acids is 3. The molecule has 0 aliphatic carbocycles. The molecule has 0 radical (unpaired) electrons. The van der Waals surface area contributed by atoms with Crippen LogP contribution in [0, 0.1) is 0 Å². The van der Waals surface area contributed by atoms with E-state index in [0.717, 1.165) is 4.90 Å². The van der Waals surface area contributed by atoms with Crippen LogP contribution in [-0.4, -0.2) is 46.7 Å². The first-order valence-electron chi connectivity index (χ1n) is 6.78. The molecule has 1 aliphatic rings. The monoisotopic (exact) mass is 305 g/mol. The molecule has 1 aromatic rings. The summed E-state index contributed by atoms with van der Waals surface area (Å²) >= 11 is 0. The predicted molar refractivity (Wildman–Crippen MR) is 74.5 cm³/mol. The SMILES string of the molecule is O=Cc1ccc(OCCC(C(=O)O)N2C(=O)CCC2=O)cc1. The van der Waals surface area contributed by atoms with Gasteiger partial charge in [-0.3, -0.25) is 19.3 Å². The van der Waals surface area contributed by atoms with E-state index in [-0.39, 0.29) is 25.9 Å². The van der Waals surface area contributed by atoms with Gasteiger partial charge in [-0.15, -0.1) is 0 Å². The molecule has 7 heteroatoms. The normalized spacial score (nSPS) is 15.7. The van der Waals surface area contributed by atoms with Gasteiger partial charge in [-0.05, 0) is 24.3 Å². The van der Waals surface area contributed by atoms with Crippen molar-refractivity contribution >= 4 is 24.1 Å². The Morgan fingerprint density at radius 1 is 1.23 bits per heavy atom. The van der Waals surface area contributed by atoms with E-state index in [0.29, 0.717) is 17.6 Å². The van der Waals surface area contributed by atoms with Gasteiger partial charge in [-0.25, -0.2) is 4.79 Å². The fourth-order valence-corrected chi connectivity index (χ4v) is 2.24. The molecule has 0 bridgehead atoms. The number of rotatable bonds is 7. The van der Waals surface area contributed by atoms with Crippen LogP contribution in [0.25, 0.3) is 0 Å². The minimum atomic E-state index is -1.23. The van der Waals surface area contributed by atoms with Gasteiger partial charge in [-0.2, -0.15) is 0 Å². The lowest BCUT2D eigenvalue weighted by Gasteiger charge is -2.22. The summed E-state index contributed by atoms with van der Waals surface area (Å²) in [6.45, 7) is 0.0362. The zero-order valence-electron chi connectivity index (χ0n) is 11.7. The molecule has 1 atom stereocenters. The Hall–Kier alpha value is -2.70. The van der Waals surface area contributed by atoms with E-state index in [1.54, 1.807) is 24.3 Å². The summed E-state index contributed by atoms with van der Waals surface area (Å²) in [7, 11) is 0. The summed E-state index contributed by atoms with van der Waals surface area (Å²) < 4.78 is 5.39. The highest BCUT2D eigenvalue weighted by molar-refractivity contribution is 6.04. The van der Waals surface area contributed by atoms with E-state index in [1.807, 2.05) is 0 Å². The molecular weight excluding hydrogens is 290 g/mol. The topological polar surface area (TPSA) is 101 Å². The molecule has 2 rings (SSSR count). The smallest absolute Gasteiger partial charge is 0.327 e. The van der Waals surface area contributed by atoms with Gasteiger partial charge in [0.25, 0.3) is 0 Å². The average molecular weight is 305 g/mol. The molecule has 1 aliphatic heterocycles. The summed E-state index contributed by atoms with van der Waals surface area (Å²) in [5, 5.41) is 9.19. The van der Waals surface area contributed by atoms with Crippen LogP contribution in [0.2, 0.25) is 0 Å². The minimum absolute atomic E-state index is 0.00223. The first-order valence-corrected chi connectivity index (χ1v) is 6.78. The predicted octanol–water partition coefficient (Wildman–Crippen LogP) is 0.870. The first kappa shape index (κ1) is 15.7. The lowest BCUT2D eigenvalue weighted by Crippen LogP contribution is -2.45. The zero-order valence-corrected chi connectivity index (χ0v) is 11.7. The van der Waals surface area contributed by atoms with Gasteiger partial charge >= 0.3 is 5.97 Å². The molecule has 7 nitrogen and oxygen atoms in total. The van der Waals surface area contributed by atoms with E-state index < -0.39 is 23.8 Å². The number of amides is 2. The van der Waals surface area contributed by atoms with Crippen molar-refractivity contribution < 1.29 is 29.0 Å². The maximum atomic E-state index is 11.6. The number of hydrogen-bond acceptors (Lipinski definition) is 5. The third kappa shape index (κ3) is 3.49. The van der Waals surface area contributed by atoms with Crippen molar-refractivity contribution in [3.8, 4) is 5.75 Å². The first-order chi connectivity index (χ1) is 10.5. The van der Waals surface area contributed by atoms with Gasteiger partial charge in [-0.1, -0.05) is 0 Å². The Morgan fingerprint density at radius 2 is 1.82 bits per heavy atom. The molecule has 116 valence electrons. The van der Waals surface area contributed by atoms with Crippen LogP contribution in [0.4, 0.5) is 0 Å². The molecule has 2 amide bonds. The highest BCUT2D eigenvalue weighted by atomic mass is 16.5. The number of imide groups is 1. The van der Waals surface area contributed by atoms with Crippen molar-refractivity contribution in [1.82, 2.24) is 4.90 Å². The summed E-state index contributed by atoms with van der Waals surface area (Å²) in [5.41, 5.74) is 0.504. The Bertz CT molecular complexity index is 579. The molecule has 1 heterocycles. The van der Waals surface area contributed by atoms with Crippen LogP contribution in [-0.2, 0) is 14.4 Å². The third-order valence-corrected chi connectivity index (χ3v) is 3.36. The van der Waals surface area contributed by atoms with Crippen LogP contribution in [0.3, 0.4) is 0 Å². The van der Waals surface area contributed by atoms with E-state index >= 15 is 0 Å². The maximum Gasteiger partial charge on any atom is 0.327 e. The largest absolute Gasteiger partial charge is 0.494 e. The summed E-state index contributed by atoms with van der Waals surface area (Å²) in [6, 6.07) is 5.11. The van der Waals surface area contributed by atoms with Gasteiger partial charge in [0.1, 0.15) is 18.1 Å². The van der Waals surface area contributed by atoms with Gasteiger partial charge in [0.15, 0.2) is 0 Å². The number of hydrogen-bond donors (Lipinski definition) is 1. The van der Waals surface area contributed by atoms with Crippen LogP contribution < -0.4 is 4.74 Å². The summed E-state index contributed by atoms with van der Waals surface area (Å²) in [6.07, 6.45) is 0.810. The standard InChI is InChI=1S/C15H15NO6/c17-9-10-1-3-11(4-2-10)22-8-7-12(15(20)21)16-13(18)5-6-14(16)19/h1-4,9,12H,5-8H2,(H,20,21). The second kappa shape index (κ2) is 6.84. The minimum Gasteiger partial charge on any atom is -0.494 e. The van der Waals surface area contributed by atoms with Crippen molar-refractivity contribution in [1.29, 1.82) is 0 Å². The Labute approximate surface area is 126 Å². The van der Waals surface area contributed by atoms with E-state index in [1.165, 1.54) is 0 Å². The molecule has 0 spiro atoms. The number of benzene rings is 1. The molecular formula is C15H15NO6. The van der Waals surface area contributed by atoms with Crippen molar-refractivity contribution in [2.75, 3.05) is 6.61 Å². The highest BCUT2D eigenvalue weighted by Crippen LogP contribution is 2.18. The van der Waals surface area contributed by atoms with Crippen LogP contribution >= 0.6 is 0 Å². The quantitative estimate of drug-likeness (QED) is 0.592. The molecule has 1 aromatic carbocycles. The van der Waals surface area contributed by atoms with Crippen molar-refractivity contribution in [2.24, 2.45) is 0 Å². The van der Waals surface area contributed by atoms with Crippen molar-refractivity contribution in [2.45, 2.75) is 25.3 Å². The van der Waals surface area contributed by atoms with Gasteiger partial charge in [0.2, 0.25) is 11.8 Å². The zero-order chi connectivity index (χ0) is 16.1. The Morgan fingerprint density at radius 3 is 2.32 bits per heavy atom. The number of aliphatic carboxylic acids is 1. The Kier molecular flexibility index (Phi) is 4.88. The second-order valence-corrected chi connectivity index (χ2v) is 4.84. The fourth-order valence-electron chi connectivity index (χ4n) is 2.24. The highest BCUT2D eigenvalue weighted by Gasteiger charge is 2.38. The van der Waals surface area contributed by atoms with E-state index in [2.05, 4.69) is 0 Å². The number of nitrogens with zero attached hydrogens (tertiary/aromatic N) is 1. The van der Waals surface area contributed by atoms with Crippen LogP contribution in [0.1, 0.15) is 29.6 Å². The van der Waals surface area contributed by atoms with Crippen molar-refractivity contribution in [3.05, 3.63) is 29.8 Å². The summed E-state index contributed by atoms with van der Waals surface area (Å²) in [4.78, 5) is 45.8. The van der Waals surface area contributed by atoms with Crippen LogP contribution in [0.15, 0.2) is 24.3 Å². The molecule has 1 unspecified atom stereocenters. The van der Waals surface area contributed by atoms with E-state index in [4.69, 9.17) is 4.74 Å². The van der Waals surface area contributed by atoms with Gasteiger partial charge in [0.05, 0.1) is 6.61 Å². The lowest BCUT2D eigenvalue weighted by atomic mass is 10.2. The second-order valence-electron chi connectivity index (χ2n) is 4.84. The van der Waals surface area contributed by atoms with Crippen LogP contribution in [0.5, 0.6) is 5.75 Å². The number of aldehydes is 1. The number of carboxylic acids is 1. The van der Waals surface area contributed by atoms with E-state index in [9.17, 15) is 24.3 Å². The number of likely N-dealkylation sites (tertiary alicyclic amines) is 1. The maximum absolute atomic E-state index is 11.6. The molecule has 1 N–H and O–H groups in total. The molecule has 22 heavy (non-hydrogen) atoms. The molecule has 1 fully saturated rings. The summed E-state index contributed by atoms with van der Waals surface area (Å²) in [5.74, 6) is -1.68. The average Bonchev–Trinajstić information content (AvgIpc) is 2.83.